The molecule has 0 saturated heterocycles. The van der Waals surface area contributed by atoms with Crippen LogP contribution in [0.5, 0.6) is 0 Å². The molecule has 0 aliphatic carbocycles. The molecule has 0 bridgehead atoms. The summed E-state index contributed by atoms with van der Waals surface area (Å²) in [6.07, 6.45) is 0. The number of aromatic nitrogens is 6. The smallest absolute Gasteiger partial charge is 0.250 e. The summed E-state index contributed by atoms with van der Waals surface area (Å²) in [5.41, 5.74) is 14.4. The Bertz CT molecular complexity index is 1210. The lowest BCUT2D eigenvalue weighted by Gasteiger charge is -2.25. The number of benzene rings is 2. The van der Waals surface area contributed by atoms with Crippen LogP contribution in [0.1, 0.15) is 44.5 Å². The largest absolute Gasteiger partial charge is 0.309 e. The quantitative estimate of drug-likeness (QED) is 0.451. The van der Waals surface area contributed by atoms with Crippen molar-refractivity contribution in [3.63, 3.8) is 0 Å². The average Bonchev–Trinajstić information content (AvgIpc) is 3.33. The molecule has 0 aliphatic heterocycles. The van der Waals surface area contributed by atoms with Crippen molar-refractivity contribution in [2.24, 2.45) is 0 Å². The number of aryl methyl sites for hydroxylation is 4. The van der Waals surface area contributed by atoms with Crippen LogP contribution in [-0.2, 0) is 0 Å². The summed E-state index contributed by atoms with van der Waals surface area (Å²) in [6.45, 7) is 21.9. The van der Waals surface area contributed by atoms with Gasteiger partial charge in [0.2, 0.25) is 0 Å². The Labute approximate surface area is 173 Å². The number of hydrogen-bond acceptors (Lipinski definition) is 4. The first kappa shape index (κ1) is 19.8. The van der Waals surface area contributed by atoms with Gasteiger partial charge in [-0.05, 0) is 113 Å². The van der Waals surface area contributed by atoms with E-state index in [0.717, 1.165) is 22.1 Å². The molecule has 29 heavy (non-hydrogen) atoms. The predicted molar refractivity (Wildman–Crippen MR) is 121 cm³/mol. The van der Waals surface area contributed by atoms with Crippen molar-refractivity contribution in [3.8, 4) is 0 Å². The standard InChI is InChI=1S/C22H30N6Si/c1-11-13(3)17(7)21-19(15(11)5)23-25-27(21)29(9,10)28-22-18(8)14(4)12(2)16(6)20(22)24-26-28/h1-10H3. The van der Waals surface area contributed by atoms with Gasteiger partial charge < -0.3 is 0 Å². The van der Waals surface area contributed by atoms with Gasteiger partial charge in [-0.2, -0.15) is 0 Å². The van der Waals surface area contributed by atoms with Crippen molar-refractivity contribution in [2.75, 3.05) is 0 Å². The molecule has 0 aliphatic rings. The highest BCUT2D eigenvalue weighted by Gasteiger charge is 2.35. The molecule has 2 heterocycles. The Kier molecular flexibility index (Phi) is 4.24. The van der Waals surface area contributed by atoms with Gasteiger partial charge in [0.1, 0.15) is 11.0 Å². The van der Waals surface area contributed by atoms with Gasteiger partial charge in [0, 0.05) is 0 Å². The molecule has 0 spiro atoms. The van der Waals surface area contributed by atoms with Crippen LogP contribution in [0.2, 0.25) is 13.1 Å². The SMILES string of the molecule is Cc1c(C)c(C)c2c(nnn2[Si](C)(C)n2nnc3c(C)c(C)c(C)c(C)c32)c1C. The van der Waals surface area contributed by atoms with Crippen molar-refractivity contribution in [1.29, 1.82) is 0 Å². The van der Waals surface area contributed by atoms with Gasteiger partial charge in [-0.25, -0.2) is 0 Å². The van der Waals surface area contributed by atoms with Gasteiger partial charge in [-0.1, -0.05) is 10.4 Å². The minimum atomic E-state index is -2.38. The van der Waals surface area contributed by atoms with E-state index in [1.807, 2.05) is 0 Å². The summed E-state index contributed by atoms with van der Waals surface area (Å²) in [6, 6.07) is 0. The van der Waals surface area contributed by atoms with E-state index in [4.69, 9.17) is 0 Å². The van der Waals surface area contributed by atoms with Gasteiger partial charge in [-0.15, -0.1) is 10.2 Å². The van der Waals surface area contributed by atoms with Crippen LogP contribution < -0.4 is 0 Å². The van der Waals surface area contributed by atoms with Crippen molar-refractivity contribution in [2.45, 2.75) is 68.5 Å². The molecular formula is C22H30N6Si. The lowest BCUT2D eigenvalue weighted by Crippen LogP contribution is -2.47. The maximum absolute atomic E-state index is 4.67. The van der Waals surface area contributed by atoms with Crippen LogP contribution >= 0.6 is 0 Å². The van der Waals surface area contributed by atoms with Crippen LogP contribution in [0.4, 0.5) is 0 Å². The molecule has 0 radical (unpaired) electrons. The molecule has 2 aromatic carbocycles. The van der Waals surface area contributed by atoms with E-state index >= 15 is 0 Å². The minimum Gasteiger partial charge on any atom is -0.250 e. The van der Waals surface area contributed by atoms with Crippen molar-refractivity contribution < 1.29 is 0 Å². The first-order chi connectivity index (χ1) is 13.5. The maximum Gasteiger partial charge on any atom is 0.309 e. The Morgan fingerprint density at radius 1 is 0.483 bits per heavy atom. The molecule has 0 saturated carbocycles. The molecule has 0 N–H and O–H groups in total. The van der Waals surface area contributed by atoms with Crippen molar-refractivity contribution in [1.82, 2.24) is 29.3 Å². The zero-order chi connectivity index (χ0) is 21.4. The molecule has 4 aromatic rings. The molecule has 0 fully saturated rings. The van der Waals surface area contributed by atoms with Crippen LogP contribution in [-0.4, -0.2) is 37.7 Å². The van der Waals surface area contributed by atoms with E-state index in [0.29, 0.717) is 0 Å². The average molecular weight is 407 g/mol. The van der Waals surface area contributed by atoms with E-state index in [9.17, 15) is 0 Å². The summed E-state index contributed by atoms with van der Waals surface area (Å²) >= 11 is 0. The van der Waals surface area contributed by atoms with E-state index in [2.05, 4.69) is 97.8 Å². The zero-order valence-corrected chi connectivity index (χ0v) is 20.2. The third-order valence-corrected chi connectivity index (χ3v) is 9.87. The van der Waals surface area contributed by atoms with Crippen LogP contribution in [0.15, 0.2) is 0 Å². The summed E-state index contributed by atoms with van der Waals surface area (Å²) in [4.78, 5) is 0. The summed E-state index contributed by atoms with van der Waals surface area (Å²) < 4.78 is 4.30. The zero-order valence-electron chi connectivity index (χ0n) is 19.2. The van der Waals surface area contributed by atoms with Crippen molar-refractivity contribution >= 4 is 30.5 Å². The Morgan fingerprint density at radius 3 is 1.14 bits per heavy atom. The lowest BCUT2D eigenvalue weighted by atomic mass is 9.98. The topological polar surface area (TPSA) is 61.4 Å². The molecule has 4 rings (SSSR count). The lowest BCUT2D eigenvalue weighted by molar-refractivity contribution is 0.777. The molecule has 0 amide bonds. The monoisotopic (exact) mass is 406 g/mol. The number of hydrogen-bond donors (Lipinski definition) is 0. The number of rotatable bonds is 2. The van der Waals surface area contributed by atoms with Gasteiger partial charge in [0.15, 0.2) is 0 Å². The fourth-order valence-corrected chi connectivity index (χ4v) is 6.78. The normalized spacial score (nSPS) is 12.5. The molecule has 0 unspecified atom stereocenters. The van der Waals surface area contributed by atoms with Crippen LogP contribution in [0.25, 0.3) is 22.1 Å². The third-order valence-electron chi connectivity index (χ3n) is 7.17. The Morgan fingerprint density at radius 2 is 0.793 bits per heavy atom. The van der Waals surface area contributed by atoms with Crippen LogP contribution in [0, 0.1) is 55.4 Å². The Hall–Kier alpha value is -2.54. The second-order valence-corrected chi connectivity index (χ2v) is 12.7. The maximum atomic E-state index is 4.67. The highest BCUT2D eigenvalue weighted by Crippen LogP contribution is 2.32. The van der Waals surface area contributed by atoms with Gasteiger partial charge in [-0.3, -0.25) is 8.69 Å². The molecule has 7 heteroatoms. The van der Waals surface area contributed by atoms with Crippen LogP contribution in [0.3, 0.4) is 0 Å². The first-order valence-corrected chi connectivity index (χ1v) is 13.0. The molecule has 6 nitrogen and oxygen atoms in total. The van der Waals surface area contributed by atoms with Gasteiger partial charge in [0.25, 0.3) is 0 Å². The summed E-state index contributed by atoms with van der Waals surface area (Å²) in [5, 5.41) is 18.5. The molecule has 2 aromatic heterocycles. The highest BCUT2D eigenvalue weighted by atomic mass is 28.3. The Balaban J connectivity index is 2.08. The van der Waals surface area contributed by atoms with E-state index < -0.39 is 8.40 Å². The third kappa shape index (κ3) is 2.46. The molecule has 152 valence electrons. The van der Waals surface area contributed by atoms with E-state index in [1.54, 1.807) is 0 Å². The number of fused-ring (bicyclic) bond motifs is 2. The van der Waals surface area contributed by atoms with E-state index in [1.165, 1.54) is 44.5 Å². The molecule has 0 atom stereocenters. The van der Waals surface area contributed by atoms with Gasteiger partial charge >= 0.3 is 8.40 Å². The van der Waals surface area contributed by atoms with Gasteiger partial charge in [0.05, 0.1) is 11.0 Å². The number of nitrogens with zero attached hydrogens (tertiary/aromatic N) is 6. The minimum absolute atomic E-state index is 0.996. The second-order valence-electron chi connectivity index (χ2n) is 8.89. The van der Waals surface area contributed by atoms with Crippen molar-refractivity contribution in [3.05, 3.63) is 44.5 Å². The summed E-state index contributed by atoms with van der Waals surface area (Å²) in [7, 11) is -2.38. The fourth-order valence-electron chi connectivity index (χ4n) is 4.43. The fraction of sp³-hybridized carbons (Fsp3) is 0.455. The first-order valence-electron chi connectivity index (χ1n) is 10.1. The summed E-state index contributed by atoms with van der Waals surface area (Å²) in [5.74, 6) is 0. The highest BCUT2D eigenvalue weighted by molar-refractivity contribution is 6.75. The second kappa shape index (κ2) is 6.23. The molecular weight excluding hydrogens is 376 g/mol. The predicted octanol–water partition coefficient (Wildman–Crippen LogP) is 4.74. The van der Waals surface area contributed by atoms with E-state index in [-0.39, 0.29) is 0 Å².